The summed E-state index contributed by atoms with van der Waals surface area (Å²) in [6.07, 6.45) is 2.11. The number of ether oxygens (including phenoxy) is 1. The van der Waals surface area contributed by atoms with Gasteiger partial charge in [0.25, 0.3) is 0 Å². The summed E-state index contributed by atoms with van der Waals surface area (Å²) in [5.74, 6) is -0.344. The van der Waals surface area contributed by atoms with Gasteiger partial charge in [-0.25, -0.2) is 4.79 Å². The van der Waals surface area contributed by atoms with Crippen LogP contribution in [0, 0.1) is 5.92 Å². The Labute approximate surface area is 106 Å². The number of hydrogen-bond acceptors (Lipinski definition) is 4. The van der Waals surface area contributed by atoms with Crippen LogP contribution in [0.15, 0.2) is 18.2 Å². The minimum absolute atomic E-state index is 0.246. The lowest BCUT2D eigenvalue weighted by Crippen LogP contribution is -2.11. The highest BCUT2D eigenvalue weighted by atomic mass is 16.5. The lowest BCUT2D eigenvalue weighted by molar-refractivity contribution is 0.0697. The number of carboxylic acid groups (broad SMARTS) is 1. The number of nitrogens with two attached hydrogens (primary N) is 1. The summed E-state index contributed by atoms with van der Waals surface area (Å²) in [6, 6.07) is 4.70. The van der Waals surface area contributed by atoms with Crippen molar-refractivity contribution >= 4 is 17.3 Å². The van der Waals surface area contributed by atoms with Gasteiger partial charge in [0.05, 0.1) is 16.9 Å². The summed E-state index contributed by atoms with van der Waals surface area (Å²) >= 11 is 0. The summed E-state index contributed by atoms with van der Waals surface area (Å²) < 4.78 is 5.30. The minimum atomic E-state index is -0.942. The highest BCUT2D eigenvalue weighted by molar-refractivity contribution is 5.90. The molecular weight excluding hydrogens is 232 g/mol. The summed E-state index contributed by atoms with van der Waals surface area (Å²) in [5.41, 5.74) is 7.31. The first-order valence-electron chi connectivity index (χ1n) is 6.11. The number of aromatic carboxylic acids is 1. The van der Waals surface area contributed by atoms with Gasteiger partial charge in [-0.3, -0.25) is 0 Å². The fourth-order valence-corrected chi connectivity index (χ4v) is 2.06. The van der Waals surface area contributed by atoms with E-state index in [1.54, 1.807) is 12.1 Å². The lowest BCUT2D eigenvalue weighted by Gasteiger charge is -2.12. The molecule has 0 aromatic heterocycles. The molecule has 0 radical (unpaired) electrons. The second-order valence-electron chi connectivity index (χ2n) is 4.55. The van der Waals surface area contributed by atoms with Crippen LogP contribution in [0.2, 0.25) is 0 Å². The van der Waals surface area contributed by atoms with Gasteiger partial charge in [0, 0.05) is 19.8 Å². The van der Waals surface area contributed by atoms with Crippen LogP contribution < -0.4 is 11.1 Å². The van der Waals surface area contributed by atoms with E-state index in [0.29, 0.717) is 17.3 Å². The molecule has 1 aromatic carbocycles. The van der Waals surface area contributed by atoms with Crippen LogP contribution in [0.5, 0.6) is 0 Å². The van der Waals surface area contributed by atoms with Crippen molar-refractivity contribution < 1.29 is 14.6 Å². The molecule has 0 amide bonds. The van der Waals surface area contributed by atoms with Crippen LogP contribution in [0.4, 0.5) is 11.4 Å². The van der Waals surface area contributed by atoms with Crippen LogP contribution in [0.3, 0.4) is 0 Å². The van der Waals surface area contributed by atoms with Crippen molar-refractivity contribution in [1.29, 1.82) is 0 Å². The zero-order valence-electron chi connectivity index (χ0n) is 10.2. The Balaban J connectivity index is 1.91. The number of anilines is 2. The number of carbonyl (C=O) groups is 1. The van der Waals surface area contributed by atoms with Gasteiger partial charge in [0.15, 0.2) is 0 Å². The molecule has 0 bridgehead atoms. The largest absolute Gasteiger partial charge is 0.478 e. The van der Waals surface area contributed by atoms with Crippen LogP contribution in [-0.4, -0.2) is 30.8 Å². The Kier molecular flexibility index (Phi) is 4.04. The molecule has 0 saturated carbocycles. The van der Waals surface area contributed by atoms with E-state index < -0.39 is 5.97 Å². The standard InChI is InChI=1S/C13H18N2O3/c14-11-2-1-10(13(16)17)7-12(11)15-5-3-9-4-6-18-8-9/h1-2,7,9,15H,3-6,8,14H2,(H,16,17). The molecule has 1 heterocycles. The zero-order chi connectivity index (χ0) is 13.0. The molecule has 1 unspecified atom stereocenters. The highest BCUT2D eigenvalue weighted by Gasteiger charge is 2.15. The summed E-state index contributed by atoms with van der Waals surface area (Å²) in [6.45, 7) is 2.45. The van der Waals surface area contributed by atoms with E-state index in [9.17, 15) is 4.79 Å². The topological polar surface area (TPSA) is 84.6 Å². The van der Waals surface area contributed by atoms with Crippen molar-refractivity contribution in [3.05, 3.63) is 23.8 Å². The predicted molar refractivity (Wildman–Crippen MR) is 69.8 cm³/mol. The number of carboxylic acids is 1. The fraction of sp³-hybridized carbons (Fsp3) is 0.462. The second-order valence-corrected chi connectivity index (χ2v) is 4.55. The third-order valence-corrected chi connectivity index (χ3v) is 3.19. The number of nitrogen functional groups attached to an aromatic ring is 1. The number of nitrogens with one attached hydrogen (secondary N) is 1. The fourth-order valence-electron chi connectivity index (χ4n) is 2.06. The smallest absolute Gasteiger partial charge is 0.335 e. The van der Waals surface area contributed by atoms with Crippen LogP contribution in [0.1, 0.15) is 23.2 Å². The molecule has 1 aliphatic rings. The Hall–Kier alpha value is -1.75. The van der Waals surface area contributed by atoms with Gasteiger partial charge in [-0.1, -0.05) is 0 Å². The van der Waals surface area contributed by atoms with Crippen molar-refractivity contribution in [3.8, 4) is 0 Å². The average Bonchev–Trinajstić information content (AvgIpc) is 2.84. The monoisotopic (exact) mass is 250 g/mol. The van der Waals surface area contributed by atoms with E-state index in [1.165, 1.54) is 6.07 Å². The van der Waals surface area contributed by atoms with E-state index in [2.05, 4.69) is 5.32 Å². The molecule has 1 fully saturated rings. The van der Waals surface area contributed by atoms with Crippen molar-refractivity contribution in [1.82, 2.24) is 0 Å². The van der Waals surface area contributed by atoms with Gasteiger partial charge in [-0.15, -0.1) is 0 Å². The van der Waals surface area contributed by atoms with Crippen LogP contribution >= 0.6 is 0 Å². The maximum atomic E-state index is 10.9. The Bertz CT molecular complexity index is 428. The molecule has 4 N–H and O–H groups in total. The van der Waals surface area contributed by atoms with E-state index in [4.69, 9.17) is 15.6 Å². The van der Waals surface area contributed by atoms with Crippen molar-refractivity contribution in [2.24, 2.45) is 5.92 Å². The van der Waals surface area contributed by atoms with Gasteiger partial charge in [0.2, 0.25) is 0 Å². The Morgan fingerprint density at radius 1 is 1.56 bits per heavy atom. The van der Waals surface area contributed by atoms with Crippen molar-refractivity contribution in [2.75, 3.05) is 30.8 Å². The number of rotatable bonds is 5. The molecule has 1 aliphatic heterocycles. The first-order valence-corrected chi connectivity index (χ1v) is 6.11. The van der Waals surface area contributed by atoms with Gasteiger partial charge in [-0.05, 0) is 37.0 Å². The Morgan fingerprint density at radius 3 is 3.06 bits per heavy atom. The SMILES string of the molecule is Nc1ccc(C(=O)O)cc1NCCC1CCOC1. The molecule has 18 heavy (non-hydrogen) atoms. The summed E-state index contributed by atoms with van der Waals surface area (Å²) in [7, 11) is 0. The molecule has 5 heteroatoms. The summed E-state index contributed by atoms with van der Waals surface area (Å²) in [5, 5.41) is 12.1. The molecular formula is C13H18N2O3. The third-order valence-electron chi connectivity index (χ3n) is 3.19. The predicted octanol–water partition coefficient (Wildman–Crippen LogP) is 1.81. The van der Waals surface area contributed by atoms with Gasteiger partial charge in [-0.2, -0.15) is 0 Å². The normalized spacial score (nSPS) is 18.8. The maximum Gasteiger partial charge on any atom is 0.335 e. The Morgan fingerprint density at radius 2 is 2.39 bits per heavy atom. The second kappa shape index (κ2) is 5.73. The van der Waals surface area contributed by atoms with E-state index >= 15 is 0 Å². The molecule has 1 aromatic rings. The van der Waals surface area contributed by atoms with Gasteiger partial charge in [0.1, 0.15) is 0 Å². The average molecular weight is 250 g/mol. The van der Waals surface area contributed by atoms with Crippen molar-refractivity contribution in [3.63, 3.8) is 0 Å². The van der Waals surface area contributed by atoms with Crippen molar-refractivity contribution in [2.45, 2.75) is 12.8 Å². The van der Waals surface area contributed by atoms with Gasteiger partial charge < -0.3 is 20.9 Å². The molecule has 1 atom stereocenters. The molecule has 2 rings (SSSR count). The third kappa shape index (κ3) is 3.13. The quantitative estimate of drug-likeness (QED) is 0.694. The van der Waals surface area contributed by atoms with Gasteiger partial charge >= 0.3 is 5.97 Å². The lowest BCUT2D eigenvalue weighted by atomic mass is 10.1. The molecule has 5 nitrogen and oxygen atoms in total. The zero-order valence-corrected chi connectivity index (χ0v) is 10.2. The first-order chi connectivity index (χ1) is 8.66. The van der Waals surface area contributed by atoms with Crippen LogP contribution in [0.25, 0.3) is 0 Å². The molecule has 98 valence electrons. The van der Waals surface area contributed by atoms with E-state index in [1.807, 2.05) is 0 Å². The number of hydrogen-bond donors (Lipinski definition) is 3. The number of benzene rings is 1. The highest BCUT2D eigenvalue weighted by Crippen LogP contribution is 2.21. The van der Waals surface area contributed by atoms with E-state index in [0.717, 1.165) is 32.6 Å². The summed E-state index contributed by atoms with van der Waals surface area (Å²) in [4.78, 5) is 10.9. The molecule has 1 saturated heterocycles. The van der Waals surface area contributed by atoms with E-state index in [-0.39, 0.29) is 5.56 Å². The molecule has 0 spiro atoms. The molecule has 0 aliphatic carbocycles. The van der Waals surface area contributed by atoms with Crippen LogP contribution in [-0.2, 0) is 4.74 Å². The first kappa shape index (κ1) is 12.7. The maximum absolute atomic E-state index is 10.9. The minimum Gasteiger partial charge on any atom is -0.478 e.